The van der Waals surface area contributed by atoms with Crippen molar-refractivity contribution in [2.75, 3.05) is 32.0 Å². The van der Waals surface area contributed by atoms with Crippen LogP contribution in [-0.4, -0.2) is 69.8 Å². The Morgan fingerprint density at radius 1 is 1.26 bits per heavy atom. The lowest BCUT2D eigenvalue weighted by atomic mass is 10.1. The van der Waals surface area contributed by atoms with E-state index in [0.29, 0.717) is 12.1 Å². The first-order chi connectivity index (χ1) is 16.4. The van der Waals surface area contributed by atoms with Crippen LogP contribution in [0.25, 0.3) is 11.0 Å². The van der Waals surface area contributed by atoms with Crippen molar-refractivity contribution in [1.82, 2.24) is 30.0 Å². The summed E-state index contributed by atoms with van der Waals surface area (Å²) in [5, 5.41) is 12.0. The molecular weight excluding hydrogens is 432 g/mol. The third kappa shape index (κ3) is 4.57. The molecule has 10 nitrogen and oxygen atoms in total. The van der Waals surface area contributed by atoms with Crippen molar-refractivity contribution in [3.63, 3.8) is 0 Å². The van der Waals surface area contributed by atoms with Crippen LogP contribution in [0.5, 0.6) is 0 Å². The number of hydrogen-bond donors (Lipinski definition) is 2. The molecule has 2 aliphatic rings. The summed E-state index contributed by atoms with van der Waals surface area (Å²) in [5.74, 6) is -0.0721. The number of pyridine rings is 1. The number of hydrogen-bond acceptors (Lipinski definition) is 7. The van der Waals surface area contributed by atoms with E-state index in [1.165, 1.54) is 0 Å². The zero-order valence-electron chi connectivity index (χ0n) is 19.8. The highest BCUT2D eigenvalue weighted by atomic mass is 16.2. The summed E-state index contributed by atoms with van der Waals surface area (Å²) in [6.07, 6.45) is 3.84. The number of carbonyl (C=O) groups excluding carboxylic acids is 2. The molecule has 5 rings (SSSR count). The molecule has 3 aromatic rings. The summed E-state index contributed by atoms with van der Waals surface area (Å²) in [5.41, 5.74) is 7.27. The second-order valence-corrected chi connectivity index (χ2v) is 8.40. The molecule has 1 aromatic carbocycles. The average Bonchev–Trinajstić information content (AvgIpc) is 3.54. The average molecular weight is 463 g/mol. The molecule has 0 aliphatic carbocycles. The molecule has 0 atom stereocenters. The number of nitrogens with one attached hydrogen (secondary N) is 2. The highest BCUT2D eigenvalue weighted by Gasteiger charge is 2.32. The number of benzene rings is 1. The Labute approximate surface area is 198 Å². The van der Waals surface area contributed by atoms with Gasteiger partial charge in [0.1, 0.15) is 6.54 Å². The van der Waals surface area contributed by atoms with Crippen LogP contribution in [0.3, 0.4) is 0 Å². The van der Waals surface area contributed by atoms with Crippen LogP contribution in [-0.2, 0) is 18.4 Å². The number of carbonyl (C=O) groups is 2. The minimum Gasteiger partial charge on any atom is -0.354 e. The molecule has 10 heteroatoms. The Morgan fingerprint density at radius 2 is 2.00 bits per heavy atom. The van der Waals surface area contributed by atoms with Gasteiger partial charge in [0.2, 0.25) is 5.91 Å². The second kappa shape index (κ2) is 9.90. The van der Waals surface area contributed by atoms with Gasteiger partial charge in [-0.3, -0.25) is 14.3 Å². The van der Waals surface area contributed by atoms with E-state index in [-0.39, 0.29) is 18.4 Å². The van der Waals surface area contributed by atoms with Gasteiger partial charge >= 0.3 is 0 Å². The zero-order chi connectivity index (χ0) is 24.2. The molecule has 2 aromatic heterocycles. The van der Waals surface area contributed by atoms with E-state index in [4.69, 9.17) is 0 Å². The summed E-state index contributed by atoms with van der Waals surface area (Å²) in [4.78, 5) is 33.6. The van der Waals surface area contributed by atoms with E-state index in [9.17, 15) is 9.59 Å². The number of anilines is 2. The maximum atomic E-state index is 13.1. The van der Waals surface area contributed by atoms with Crippen LogP contribution < -0.4 is 10.7 Å². The maximum absolute atomic E-state index is 13.1. The van der Waals surface area contributed by atoms with Gasteiger partial charge in [-0.15, -0.1) is 0 Å². The first-order valence-electron chi connectivity index (χ1n) is 11.3. The number of nitrogens with zero attached hydrogens (tertiary/aromatic N) is 6. The number of aryl methyl sites for hydroxylation is 2. The van der Waals surface area contributed by atoms with Crippen LogP contribution >= 0.6 is 0 Å². The summed E-state index contributed by atoms with van der Waals surface area (Å²) in [7, 11) is 3.57. The Kier molecular flexibility index (Phi) is 6.76. The fraction of sp³-hybridized carbons (Fsp3) is 0.375. The molecule has 2 aliphatic heterocycles. The summed E-state index contributed by atoms with van der Waals surface area (Å²) in [6.45, 7) is 7.26. The molecule has 2 amide bonds. The highest BCUT2D eigenvalue weighted by Crippen LogP contribution is 2.32. The number of aromatic nitrogens is 3. The number of rotatable bonds is 5. The van der Waals surface area contributed by atoms with Gasteiger partial charge in [-0.05, 0) is 37.5 Å². The number of likely N-dealkylation sites (tertiary alicyclic amines) is 1. The Hall–Kier alpha value is -3.95. The lowest BCUT2D eigenvalue weighted by molar-refractivity contribution is -0.130. The van der Waals surface area contributed by atoms with Crippen LogP contribution in [0.1, 0.15) is 34.5 Å². The van der Waals surface area contributed by atoms with Gasteiger partial charge in [-0.2, -0.15) is 10.2 Å². The Morgan fingerprint density at radius 3 is 2.71 bits per heavy atom. The fourth-order valence-electron chi connectivity index (χ4n) is 4.41. The first-order valence-corrected chi connectivity index (χ1v) is 11.3. The van der Waals surface area contributed by atoms with E-state index in [1.54, 1.807) is 22.8 Å². The molecule has 34 heavy (non-hydrogen) atoms. The minimum atomic E-state index is -0.104. The number of fused-ring (bicyclic) bond motifs is 2. The van der Waals surface area contributed by atoms with E-state index in [2.05, 4.69) is 32.6 Å². The van der Waals surface area contributed by atoms with Gasteiger partial charge in [0.15, 0.2) is 5.65 Å². The normalized spacial score (nSPS) is 14.6. The third-order valence-electron chi connectivity index (χ3n) is 6.10. The van der Waals surface area contributed by atoms with Gasteiger partial charge in [0, 0.05) is 45.8 Å². The zero-order valence-corrected chi connectivity index (χ0v) is 19.8. The number of hydrazone groups is 1. The van der Waals surface area contributed by atoms with Crippen molar-refractivity contribution in [3.8, 4) is 0 Å². The molecule has 1 saturated heterocycles. The van der Waals surface area contributed by atoms with Crippen molar-refractivity contribution in [2.45, 2.75) is 26.3 Å². The molecule has 2 N–H and O–H groups in total. The molecule has 0 saturated carbocycles. The van der Waals surface area contributed by atoms with Crippen LogP contribution in [0, 0.1) is 6.92 Å². The molecule has 1 fully saturated rings. The highest BCUT2D eigenvalue weighted by molar-refractivity contribution is 6.05. The van der Waals surface area contributed by atoms with Gasteiger partial charge < -0.3 is 20.5 Å². The molecule has 178 valence electrons. The smallest absolute Gasteiger partial charge is 0.257 e. The SMILES string of the molecule is C=NNC.Cc1nn(C)c2ncc(Nc3cccc4c3C(=O)N(CC(=O)N3CCCC3)C4)cc12. The molecular formula is C24H30N8O2. The topological polar surface area (TPSA) is 108 Å². The molecule has 0 unspecified atom stereocenters. The Balaban J connectivity index is 0.000000636. The lowest BCUT2D eigenvalue weighted by Gasteiger charge is -2.20. The van der Waals surface area contributed by atoms with E-state index >= 15 is 0 Å². The van der Waals surface area contributed by atoms with Gasteiger partial charge in [0.05, 0.1) is 28.8 Å². The van der Waals surface area contributed by atoms with Gasteiger partial charge in [-0.25, -0.2) is 4.98 Å². The predicted molar refractivity (Wildman–Crippen MR) is 132 cm³/mol. The van der Waals surface area contributed by atoms with Crippen molar-refractivity contribution in [1.29, 1.82) is 0 Å². The molecule has 4 heterocycles. The van der Waals surface area contributed by atoms with Gasteiger partial charge in [0.25, 0.3) is 5.91 Å². The maximum Gasteiger partial charge on any atom is 0.257 e. The van der Waals surface area contributed by atoms with Crippen molar-refractivity contribution < 1.29 is 9.59 Å². The van der Waals surface area contributed by atoms with Gasteiger partial charge in [-0.1, -0.05) is 12.1 Å². The largest absolute Gasteiger partial charge is 0.354 e. The van der Waals surface area contributed by atoms with Crippen molar-refractivity contribution in [3.05, 3.63) is 47.3 Å². The van der Waals surface area contributed by atoms with E-state index < -0.39 is 0 Å². The minimum absolute atomic E-state index is 0.0323. The van der Waals surface area contributed by atoms with E-state index in [1.807, 2.05) is 43.1 Å². The molecule has 0 spiro atoms. The van der Waals surface area contributed by atoms with Crippen LogP contribution in [0.4, 0.5) is 11.4 Å². The van der Waals surface area contributed by atoms with Crippen LogP contribution in [0.2, 0.25) is 0 Å². The number of amides is 2. The summed E-state index contributed by atoms with van der Waals surface area (Å²) in [6, 6.07) is 7.77. The summed E-state index contributed by atoms with van der Waals surface area (Å²) < 4.78 is 1.76. The third-order valence-corrected chi connectivity index (χ3v) is 6.10. The Bertz CT molecular complexity index is 1230. The van der Waals surface area contributed by atoms with Crippen LogP contribution in [0.15, 0.2) is 35.6 Å². The standard InChI is InChI=1S/C22H24N6O2.C2H6N2/c1-14-17-10-16(11-23-21(17)26(2)25-14)24-18-7-5-6-15-12-28(22(30)20(15)18)13-19(29)27-8-3-4-9-27;1-3-4-2/h5-7,10-11,24H,3-4,8-9,12-13H2,1-2H3;4H,1H2,2H3. The van der Waals surface area contributed by atoms with Crippen molar-refractivity contribution in [2.24, 2.45) is 12.1 Å². The van der Waals surface area contributed by atoms with Crippen molar-refractivity contribution >= 4 is 40.9 Å². The molecule has 0 bridgehead atoms. The summed E-state index contributed by atoms with van der Waals surface area (Å²) >= 11 is 0. The second-order valence-electron chi connectivity index (χ2n) is 8.40. The lowest BCUT2D eigenvalue weighted by Crippen LogP contribution is -2.39. The quantitative estimate of drug-likeness (QED) is 0.445. The van der Waals surface area contributed by atoms with E-state index in [0.717, 1.165) is 59.6 Å². The monoisotopic (exact) mass is 462 g/mol. The predicted octanol–water partition coefficient (Wildman–Crippen LogP) is 2.42. The molecule has 0 radical (unpaired) electrons. The first kappa shape index (κ1) is 23.2. The fourth-order valence-corrected chi connectivity index (χ4v) is 4.41.